The number of nitrogens with one attached hydrogen (secondary N) is 1. The number of sulfonamides is 1. The fraction of sp³-hybridized carbons (Fsp3) is 0.292. The van der Waals surface area contributed by atoms with Crippen molar-refractivity contribution >= 4 is 32.3 Å². The van der Waals surface area contributed by atoms with Crippen molar-refractivity contribution in [3.8, 4) is 5.75 Å². The summed E-state index contributed by atoms with van der Waals surface area (Å²) in [4.78, 5) is 16.0. The van der Waals surface area contributed by atoms with Crippen molar-refractivity contribution in [1.29, 1.82) is 0 Å². The highest BCUT2D eigenvalue weighted by Gasteiger charge is 2.32. The van der Waals surface area contributed by atoms with Crippen LogP contribution in [0.1, 0.15) is 35.0 Å². The molecule has 5 rings (SSSR count). The number of para-hydroxylation sites is 1. The molecule has 2 aromatic carbocycles. The molecule has 1 aliphatic heterocycles. The summed E-state index contributed by atoms with van der Waals surface area (Å²) in [6, 6.07) is 16.5. The third-order valence-corrected chi connectivity index (χ3v) is 8.76. The Bertz CT molecular complexity index is 1480. The number of pyridine rings is 1. The molecule has 1 unspecified atom stereocenters. The second kappa shape index (κ2) is 9.28. The van der Waals surface area contributed by atoms with Gasteiger partial charge in [-0.2, -0.15) is 9.40 Å². The Morgan fingerprint density at radius 2 is 1.97 bits per heavy atom. The first kappa shape index (κ1) is 22.7. The number of H-pyrrole nitrogens is 1. The van der Waals surface area contributed by atoms with Gasteiger partial charge in [-0.1, -0.05) is 29.5 Å². The maximum absolute atomic E-state index is 13.2. The van der Waals surface area contributed by atoms with Crippen molar-refractivity contribution in [3.63, 3.8) is 0 Å². The van der Waals surface area contributed by atoms with Crippen molar-refractivity contribution in [1.82, 2.24) is 19.5 Å². The van der Waals surface area contributed by atoms with E-state index in [4.69, 9.17) is 4.74 Å². The minimum atomic E-state index is -3.66. The predicted octanol–water partition coefficient (Wildman–Crippen LogP) is 3.84. The first-order chi connectivity index (χ1) is 16.4. The molecule has 3 heterocycles. The lowest BCUT2D eigenvalue weighted by molar-refractivity contribution is 0.306. The molecule has 0 spiro atoms. The summed E-state index contributed by atoms with van der Waals surface area (Å²) in [5, 5.41) is 8.17. The number of aromatic nitrogens is 3. The monoisotopic (exact) mass is 496 g/mol. The highest BCUT2D eigenvalue weighted by Crippen LogP contribution is 2.31. The van der Waals surface area contributed by atoms with E-state index in [9.17, 15) is 13.2 Å². The lowest BCUT2D eigenvalue weighted by atomic mass is 10.0. The molecule has 0 bridgehead atoms. The summed E-state index contributed by atoms with van der Waals surface area (Å²) < 4.78 is 33.9. The summed E-state index contributed by atoms with van der Waals surface area (Å²) in [7, 11) is -3.66. The van der Waals surface area contributed by atoms with E-state index in [0.29, 0.717) is 30.5 Å². The molecule has 1 aliphatic rings. The van der Waals surface area contributed by atoms with E-state index in [1.54, 1.807) is 24.3 Å². The summed E-state index contributed by atoms with van der Waals surface area (Å²) in [6.45, 7) is 3.07. The van der Waals surface area contributed by atoms with Crippen LogP contribution in [0.25, 0.3) is 10.9 Å². The van der Waals surface area contributed by atoms with E-state index < -0.39 is 10.0 Å². The van der Waals surface area contributed by atoms with Crippen LogP contribution in [0.4, 0.5) is 0 Å². The molecule has 34 heavy (non-hydrogen) atoms. The summed E-state index contributed by atoms with van der Waals surface area (Å²) in [5.41, 5.74) is 2.87. The zero-order valence-electron chi connectivity index (χ0n) is 18.6. The topological polar surface area (TPSA) is 105 Å². The average Bonchev–Trinajstić information content (AvgIpc) is 3.29. The predicted molar refractivity (Wildman–Crippen MR) is 131 cm³/mol. The maximum Gasteiger partial charge on any atom is 0.322 e. The van der Waals surface area contributed by atoms with Gasteiger partial charge in [-0.3, -0.25) is 9.78 Å². The molecule has 0 radical (unpaired) electrons. The average molecular weight is 497 g/mol. The van der Waals surface area contributed by atoms with Gasteiger partial charge in [-0.05, 0) is 56.2 Å². The molecule has 0 aliphatic carbocycles. The van der Waals surface area contributed by atoms with Gasteiger partial charge < -0.3 is 4.74 Å². The highest BCUT2D eigenvalue weighted by atomic mass is 32.2. The smallest absolute Gasteiger partial charge is 0.322 e. The Morgan fingerprint density at radius 3 is 2.74 bits per heavy atom. The normalized spacial score (nSPS) is 17.1. The van der Waals surface area contributed by atoms with Crippen LogP contribution in [-0.2, 0) is 16.6 Å². The summed E-state index contributed by atoms with van der Waals surface area (Å²) in [6.07, 6.45) is 1.53. The lowest BCUT2D eigenvalue weighted by Crippen LogP contribution is -2.39. The first-order valence-electron chi connectivity index (χ1n) is 11.0. The molecule has 176 valence electrons. The standard InChI is InChI=1S/C24H24N4O4S2/c1-16-13-18(21-6-2-3-7-22(21)25-16)15-32-19-8-10-20(11-9-19)34(30,31)28-12-4-5-17(14-28)23-26-27-24(29)33-23/h2-3,6-11,13,17H,4-5,12,14-15H2,1H3,(H,27,29). The van der Waals surface area contributed by atoms with Crippen molar-refractivity contribution < 1.29 is 13.2 Å². The Balaban J connectivity index is 1.29. The largest absolute Gasteiger partial charge is 0.489 e. The van der Waals surface area contributed by atoms with E-state index in [1.165, 1.54) is 4.31 Å². The molecule has 1 fully saturated rings. The Kier molecular flexibility index (Phi) is 6.20. The number of rotatable bonds is 6. The molecular weight excluding hydrogens is 472 g/mol. The van der Waals surface area contributed by atoms with Crippen LogP contribution >= 0.6 is 11.3 Å². The van der Waals surface area contributed by atoms with E-state index in [0.717, 1.165) is 46.3 Å². The number of hydrogen-bond donors (Lipinski definition) is 1. The second-order valence-corrected chi connectivity index (χ2v) is 11.3. The second-order valence-electron chi connectivity index (χ2n) is 8.35. The van der Waals surface area contributed by atoms with Gasteiger partial charge in [0.05, 0.1) is 10.4 Å². The number of fused-ring (bicyclic) bond motifs is 1. The van der Waals surface area contributed by atoms with E-state index in [1.807, 2.05) is 37.3 Å². The van der Waals surface area contributed by atoms with Gasteiger partial charge >= 0.3 is 4.87 Å². The van der Waals surface area contributed by atoms with Crippen LogP contribution in [0, 0.1) is 6.92 Å². The lowest BCUT2D eigenvalue weighted by Gasteiger charge is -2.30. The number of aryl methyl sites for hydroxylation is 1. The van der Waals surface area contributed by atoms with Crippen molar-refractivity contribution in [2.24, 2.45) is 0 Å². The van der Waals surface area contributed by atoms with E-state index in [-0.39, 0.29) is 15.7 Å². The fourth-order valence-corrected chi connectivity index (χ4v) is 6.57. The van der Waals surface area contributed by atoms with Gasteiger partial charge in [0, 0.05) is 35.7 Å². The third kappa shape index (κ3) is 4.61. The molecule has 4 aromatic rings. The zero-order valence-corrected chi connectivity index (χ0v) is 20.2. The molecule has 8 nitrogen and oxygen atoms in total. The van der Waals surface area contributed by atoms with Crippen LogP contribution < -0.4 is 9.61 Å². The third-order valence-electron chi connectivity index (χ3n) is 5.97. The molecule has 1 N–H and O–H groups in total. The minimum Gasteiger partial charge on any atom is -0.489 e. The Morgan fingerprint density at radius 1 is 1.18 bits per heavy atom. The quantitative estimate of drug-likeness (QED) is 0.435. The molecule has 2 aromatic heterocycles. The van der Waals surface area contributed by atoms with Crippen LogP contribution in [0.2, 0.25) is 0 Å². The van der Waals surface area contributed by atoms with Crippen molar-refractivity contribution in [2.75, 3.05) is 13.1 Å². The van der Waals surface area contributed by atoms with Crippen LogP contribution in [-0.4, -0.2) is 41.0 Å². The highest BCUT2D eigenvalue weighted by molar-refractivity contribution is 7.89. The van der Waals surface area contributed by atoms with Crippen LogP contribution in [0.5, 0.6) is 5.75 Å². The Hall–Kier alpha value is -3.08. The molecule has 0 saturated carbocycles. The fourth-order valence-electron chi connectivity index (χ4n) is 4.31. The zero-order chi connectivity index (χ0) is 23.7. The molecule has 0 amide bonds. The number of ether oxygens (including phenoxy) is 1. The first-order valence-corrected chi connectivity index (χ1v) is 13.3. The number of benzene rings is 2. The van der Waals surface area contributed by atoms with Crippen molar-refractivity contribution in [3.05, 3.63) is 80.5 Å². The van der Waals surface area contributed by atoms with Gasteiger partial charge in [-0.25, -0.2) is 13.5 Å². The number of hydrogen-bond acceptors (Lipinski definition) is 7. The summed E-state index contributed by atoms with van der Waals surface area (Å²) >= 11 is 1.05. The molecule has 1 saturated heterocycles. The van der Waals surface area contributed by atoms with Gasteiger partial charge in [-0.15, -0.1) is 0 Å². The van der Waals surface area contributed by atoms with Gasteiger partial charge in [0.1, 0.15) is 17.4 Å². The van der Waals surface area contributed by atoms with E-state index in [2.05, 4.69) is 15.2 Å². The minimum absolute atomic E-state index is 0.0753. The number of aromatic amines is 1. The van der Waals surface area contributed by atoms with Gasteiger partial charge in [0.15, 0.2) is 0 Å². The van der Waals surface area contributed by atoms with Crippen LogP contribution in [0.3, 0.4) is 0 Å². The summed E-state index contributed by atoms with van der Waals surface area (Å²) in [5.74, 6) is 0.518. The van der Waals surface area contributed by atoms with E-state index >= 15 is 0 Å². The molecule has 1 atom stereocenters. The van der Waals surface area contributed by atoms with Gasteiger partial charge in [0.25, 0.3) is 0 Å². The number of nitrogens with zero attached hydrogens (tertiary/aromatic N) is 3. The molecule has 10 heteroatoms. The molecular formula is C24H24N4O4S2. The number of piperidine rings is 1. The SMILES string of the molecule is Cc1cc(COc2ccc(S(=O)(=O)N3CCCC(c4n[nH]c(=O)s4)C3)cc2)c2ccccc2n1. The van der Waals surface area contributed by atoms with Gasteiger partial charge in [0.2, 0.25) is 10.0 Å². The Labute approximate surface area is 201 Å². The van der Waals surface area contributed by atoms with Crippen LogP contribution in [0.15, 0.2) is 64.3 Å². The van der Waals surface area contributed by atoms with Crippen molar-refractivity contribution in [2.45, 2.75) is 37.2 Å². The maximum atomic E-state index is 13.2.